The Bertz CT molecular complexity index is 400. The zero-order valence-corrected chi connectivity index (χ0v) is 13.7. The molecule has 2 fully saturated rings. The molecule has 2 saturated heterocycles. The largest absolute Gasteiger partial charge is 0.379 e. The van der Waals surface area contributed by atoms with Crippen LogP contribution in [0.3, 0.4) is 0 Å². The summed E-state index contributed by atoms with van der Waals surface area (Å²) >= 11 is 1.87. The fraction of sp³-hybridized carbons (Fsp3) is 0.750. The summed E-state index contributed by atoms with van der Waals surface area (Å²) in [7, 11) is 2.22. The average molecular weight is 310 g/mol. The maximum Gasteiger partial charge on any atom is 0.0702 e. The molecule has 5 heteroatoms. The molecule has 0 radical (unpaired) electrons. The van der Waals surface area contributed by atoms with Crippen LogP contribution in [0, 0.1) is 0 Å². The van der Waals surface area contributed by atoms with Crippen LogP contribution in [-0.2, 0) is 9.47 Å². The van der Waals surface area contributed by atoms with E-state index >= 15 is 0 Å². The molecular weight excluding hydrogens is 284 g/mol. The third-order valence-electron chi connectivity index (χ3n) is 4.38. The lowest BCUT2D eigenvalue weighted by Crippen LogP contribution is -2.44. The second kappa shape index (κ2) is 7.70. The molecule has 1 aromatic heterocycles. The topological polar surface area (TPSA) is 24.9 Å². The maximum atomic E-state index is 5.77. The zero-order valence-electron chi connectivity index (χ0n) is 12.9. The minimum absolute atomic E-state index is 0.434. The number of thiophene rings is 1. The highest BCUT2D eigenvalue weighted by molar-refractivity contribution is 7.10. The highest BCUT2D eigenvalue weighted by Gasteiger charge is 2.26. The summed E-state index contributed by atoms with van der Waals surface area (Å²) in [5, 5.41) is 2.18. The summed E-state index contributed by atoms with van der Waals surface area (Å²) in [6.45, 7) is 6.85. The molecule has 0 bridgehead atoms. The van der Waals surface area contributed by atoms with Crippen LogP contribution in [0.15, 0.2) is 17.5 Å². The van der Waals surface area contributed by atoms with E-state index in [1.807, 2.05) is 11.3 Å². The van der Waals surface area contributed by atoms with Crippen LogP contribution in [-0.4, -0.2) is 69.0 Å². The van der Waals surface area contributed by atoms with Crippen LogP contribution in [0.25, 0.3) is 0 Å². The van der Waals surface area contributed by atoms with Crippen molar-refractivity contribution in [2.24, 2.45) is 0 Å². The summed E-state index contributed by atoms with van der Waals surface area (Å²) < 4.78 is 11.3. The first-order valence-electron chi connectivity index (χ1n) is 7.98. The van der Waals surface area contributed by atoms with Gasteiger partial charge >= 0.3 is 0 Å². The van der Waals surface area contributed by atoms with Crippen molar-refractivity contribution in [2.75, 3.05) is 53.0 Å². The van der Waals surface area contributed by atoms with E-state index in [9.17, 15) is 0 Å². The lowest BCUT2D eigenvalue weighted by Gasteiger charge is -2.36. The number of morpholine rings is 1. The van der Waals surface area contributed by atoms with Crippen LogP contribution in [0.2, 0.25) is 0 Å². The first-order chi connectivity index (χ1) is 10.3. The van der Waals surface area contributed by atoms with Gasteiger partial charge in [0.2, 0.25) is 0 Å². The highest BCUT2D eigenvalue weighted by Crippen LogP contribution is 2.27. The Morgan fingerprint density at radius 3 is 2.90 bits per heavy atom. The summed E-state index contributed by atoms with van der Waals surface area (Å²) in [4.78, 5) is 6.48. The lowest BCUT2D eigenvalue weighted by molar-refractivity contribution is 0.00561. The molecule has 3 rings (SSSR count). The van der Waals surface area contributed by atoms with Gasteiger partial charge in [-0.1, -0.05) is 6.07 Å². The Balaban J connectivity index is 1.61. The molecule has 0 aromatic carbocycles. The molecule has 2 aliphatic heterocycles. The monoisotopic (exact) mass is 310 g/mol. The standard InChI is InChI=1S/C16H26N2O2S/c1-17(12-14-4-2-8-20-14)13-15(16-5-3-11-21-16)18-6-9-19-10-7-18/h3,5,11,14-15H,2,4,6-10,12-13H2,1H3/t14-,15-/m0/s1. The fourth-order valence-corrected chi connectivity index (χ4v) is 4.11. The van der Waals surface area contributed by atoms with E-state index in [4.69, 9.17) is 9.47 Å². The maximum absolute atomic E-state index is 5.77. The fourth-order valence-electron chi connectivity index (χ4n) is 3.26. The Morgan fingerprint density at radius 1 is 1.38 bits per heavy atom. The minimum Gasteiger partial charge on any atom is -0.379 e. The Hall–Kier alpha value is -0.460. The molecule has 0 N–H and O–H groups in total. The van der Waals surface area contributed by atoms with E-state index in [-0.39, 0.29) is 0 Å². The van der Waals surface area contributed by atoms with Gasteiger partial charge in [0.1, 0.15) is 0 Å². The second-order valence-corrected chi connectivity index (χ2v) is 7.02. The van der Waals surface area contributed by atoms with Gasteiger partial charge in [0.15, 0.2) is 0 Å². The predicted molar refractivity (Wildman–Crippen MR) is 85.9 cm³/mol. The molecule has 0 spiro atoms. The van der Waals surface area contributed by atoms with Crippen molar-refractivity contribution in [2.45, 2.75) is 25.0 Å². The molecular formula is C16H26N2O2S. The van der Waals surface area contributed by atoms with Crippen molar-refractivity contribution in [1.29, 1.82) is 0 Å². The molecule has 0 aliphatic carbocycles. The molecule has 0 saturated carbocycles. The average Bonchev–Trinajstić information content (AvgIpc) is 3.19. The van der Waals surface area contributed by atoms with Crippen molar-refractivity contribution < 1.29 is 9.47 Å². The van der Waals surface area contributed by atoms with Gasteiger partial charge in [-0.25, -0.2) is 0 Å². The van der Waals surface area contributed by atoms with E-state index in [2.05, 4.69) is 34.4 Å². The van der Waals surface area contributed by atoms with E-state index in [0.717, 1.165) is 46.0 Å². The molecule has 118 valence electrons. The minimum atomic E-state index is 0.434. The van der Waals surface area contributed by atoms with E-state index in [0.29, 0.717) is 12.1 Å². The van der Waals surface area contributed by atoms with Crippen LogP contribution in [0.1, 0.15) is 23.8 Å². The van der Waals surface area contributed by atoms with Crippen LogP contribution in [0.4, 0.5) is 0 Å². The Kier molecular flexibility index (Phi) is 5.66. The molecule has 4 nitrogen and oxygen atoms in total. The normalized spacial score (nSPS) is 25.5. The van der Waals surface area contributed by atoms with Crippen LogP contribution < -0.4 is 0 Å². The Labute approximate surface area is 131 Å². The second-order valence-electron chi connectivity index (χ2n) is 6.04. The molecule has 21 heavy (non-hydrogen) atoms. The van der Waals surface area contributed by atoms with Gasteiger partial charge in [0.25, 0.3) is 0 Å². The molecule has 0 amide bonds. The lowest BCUT2D eigenvalue weighted by atomic mass is 10.1. The highest BCUT2D eigenvalue weighted by atomic mass is 32.1. The molecule has 2 aliphatic rings. The van der Waals surface area contributed by atoms with Crippen LogP contribution in [0.5, 0.6) is 0 Å². The smallest absolute Gasteiger partial charge is 0.0702 e. The number of nitrogens with zero attached hydrogens (tertiary/aromatic N) is 2. The number of ether oxygens (including phenoxy) is 2. The SMILES string of the molecule is CN(C[C@@H]1CCCO1)C[C@@H](c1cccs1)N1CCOCC1. The molecule has 3 heterocycles. The van der Waals surface area contributed by atoms with Crippen molar-refractivity contribution in [1.82, 2.24) is 9.80 Å². The zero-order chi connectivity index (χ0) is 14.5. The first kappa shape index (κ1) is 15.4. The third-order valence-corrected chi connectivity index (χ3v) is 5.36. The van der Waals surface area contributed by atoms with E-state index < -0.39 is 0 Å². The van der Waals surface area contributed by atoms with Crippen molar-refractivity contribution in [3.05, 3.63) is 22.4 Å². The van der Waals surface area contributed by atoms with Crippen molar-refractivity contribution >= 4 is 11.3 Å². The number of likely N-dealkylation sites (N-methyl/N-ethyl adjacent to an activating group) is 1. The van der Waals surface area contributed by atoms with Gasteiger partial charge in [-0.3, -0.25) is 4.90 Å². The molecule has 2 atom stereocenters. The van der Waals surface area contributed by atoms with Gasteiger partial charge in [-0.15, -0.1) is 11.3 Å². The number of hydrogen-bond acceptors (Lipinski definition) is 5. The summed E-state index contributed by atoms with van der Waals surface area (Å²) in [5.41, 5.74) is 0. The number of rotatable bonds is 6. The Morgan fingerprint density at radius 2 is 2.24 bits per heavy atom. The van der Waals surface area contributed by atoms with E-state index in [1.54, 1.807) is 0 Å². The predicted octanol–water partition coefficient (Wildman–Crippen LogP) is 2.23. The summed E-state index contributed by atoms with van der Waals surface area (Å²) in [5.74, 6) is 0. The first-order valence-corrected chi connectivity index (χ1v) is 8.86. The van der Waals surface area contributed by atoms with Crippen LogP contribution >= 0.6 is 11.3 Å². The van der Waals surface area contributed by atoms with E-state index in [1.165, 1.54) is 17.7 Å². The van der Waals surface area contributed by atoms with Gasteiger partial charge < -0.3 is 14.4 Å². The van der Waals surface area contributed by atoms with Gasteiger partial charge in [-0.05, 0) is 31.3 Å². The van der Waals surface area contributed by atoms with Crippen molar-refractivity contribution in [3.63, 3.8) is 0 Å². The third kappa shape index (κ3) is 4.27. The van der Waals surface area contributed by atoms with Gasteiger partial charge in [0, 0.05) is 37.7 Å². The van der Waals surface area contributed by atoms with Crippen molar-refractivity contribution in [3.8, 4) is 0 Å². The van der Waals surface area contributed by atoms with Gasteiger partial charge in [-0.2, -0.15) is 0 Å². The summed E-state index contributed by atoms with van der Waals surface area (Å²) in [6, 6.07) is 4.92. The molecule has 0 unspecified atom stereocenters. The van der Waals surface area contributed by atoms with Gasteiger partial charge in [0.05, 0.1) is 25.4 Å². The molecule has 1 aromatic rings. The quantitative estimate of drug-likeness (QED) is 0.804. The number of hydrogen-bond donors (Lipinski definition) is 0. The summed E-state index contributed by atoms with van der Waals surface area (Å²) in [6.07, 6.45) is 2.87.